The highest BCUT2D eigenvalue weighted by Gasteiger charge is 2.13. The van der Waals surface area contributed by atoms with Gasteiger partial charge in [0.1, 0.15) is 34.6 Å². The molecule has 0 aliphatic heterocycles. The fraction of sp³-hybridized carbons (Fsp3) is 0.0667. The average molecular weight is 527 g/mol. The predicted molar refractivity (Wildman–Crippen MR) is 147 cm³/mol. The van der Waals surface area contributed by atoms with E-state index in [4.69, 9.17) is 21.1 Å². The van der Waals surface area contributed by atoms with Crippen LogP contribution >= 0.6 is 22.9 Å². The Kier molecular flexibility index (Phi) is 7.79. The molecule has 1 N–H and O–H groups in total. The Morgan fingerprint density at radius 1 is 0.811 bits per heavy atom. The van der Waals surface area contributed by atoms with Gasteiger partial charge in [-0.3, -0.25) is 4.79 Å². The van der Waals surface area contributed by atoms with Crippen LogP contribution in [-0.2, 0) is 13.2 Å². The van der Waals surface area contributed by atoms with Crippen LogP contribution in [0.2, 0.25) is 5.02 Å². The third-order valence-corrected chi connectivity index (χ3v) is 6.57. The molecule has 0 atom stereocenters. The molecule has 5 nitrogen and oxygen atoms in total. The zero-order valence-corrected chi connectivity index (χ0v) is 21.3. The number of nitrogens with zero attached hydrogens (tertiary/aromatic N) is 1. The minimum Gasteiger partial charge on any atom is -0.489 e. The molecule has 1 heterocycles. The molecule has 0 aliphatic carbocycles. The Morgan fingerprint density at radius 3 is 2.43 bits per heavy atom. The molecule has 0 fully saturated rings. The van der Waals surface area contributed by atoms with Crippen molar-refractivity contribution >= 4 is 28.8 Å². The lowest BCUT2D eigenvalue weighted by Crippen LogP contribution is -2.23. The van der Waals surface area contributed by atoms with Gasteiger partial charge in [-0.05, 0) is 59.7 Å². The van der Waals surface area contributed by atoms with Gasteiger partial charge in [0.15, 0.2) is 0 Å². The molecule has 0 saturated carbocycles. The van der Waals surface area contributed by atoms with Gasteiger partial charge in [0.25, 0.3) is 5.91 Å². The highest BCUT2D eigenvalue weighted by atomic mass is 35.5. The molecule has 0 saturated heterocycles. The number of carbonyl (C=O) groups excluding carboxylic acids is 1. The molecule has 4 aromatic carbocycles. The van der Waals surface area contributed by atoms with Gasteiger partial charge in [0.05, 0.1) is 0 Å². The quantitative estimate of drug-likeness (QED) is 0.213. The van der Waals surface area contributed by atoms with Crippen LogP contribution in [0.4, 0.5) is 0 Å². The van der Waals surface area contributed by atoms with E-state index in [0.29, 0.717) is 29.6 Å². The Labute approximate surface area is 224 Å². The van der Waals surface area contributed by atoms with Crippen molar-refractivity contribution in [3.8, 4) is 27.8 Å². The minimum absolute atomic E-state index is 0.231. The molecular formula is C30H23ClN2O3S. The highest BCUT2D eigenvalue weighted by molar-refractivity contribution is 7.13. The number of halogens is 1. The van der Waals surface area contributed by atoms with Gasteiger partial charge < -0.3 is 14.8 Å². The summed E-state index contributed by atoms with van der Waals surface area (Å²) in [6, 6.07) is 32.5. The summed E-state index contributed by atoms with van der Waals surface area (Å²) in [4.78, 5) is 17.3. The summed E-state index contributed by atoms with van der Waals surface area (Å²) in [6.07, 6.45) is 0. The first-order valence-corrected chi connectivity index (χ1v) is 12.9. The number of ether oxygens (including phenoxy) is 2. The third kappa shape index (κ3) is 6.76. The summed E-state index contributed by atoms with van der Waals surface area (Å²) >= 11 is 7.47. The van der Waals surface area contributed by atoms with Crippen molar-refractivity contribution in [3.63, 3.8) is 0 Å². The number of nitrogens with one attached hydrogen (secondary N) is 1. The lowest BCUT2D eigenvalue weighted by Gasteiger charge is -2.08. The summed E-state index contributed by atoms with van der Waals surface area (Å²) in [6.45, 7) is 0.775. The first kappa shape index (κ1) is 24.6. The van der Waals surface area contributed by atoms with E-state index in [1.807, 2.05) is 103 Å². The van der Waals surface area contributed by atoms with Crippen molar-refractivity contribution in [1.82, 2.24) is 10.3 Å². The molecule has 0 aliphatic rings. The van der Waals surface area contributed by atoms with Crippen LogP contribution in [-0.4, -0.2) is 10.9 Å². The second kappa shape index (κ2) is 11.7. The molecule has 7 heteroatoms. The second-order valence-corrected chi connectivity index (χ2v) is 9.52. The SMILES string of the molecule is O=C(NCc1cccc(Oc2ccccc2)c1)c1csc(-c2cccc(OCc3cccc(Cl)c3)c2)n1. The molecule has 1 amide bonds. The minimum atomic E-state index is -0.231. The number of carbonyl (C=O) groups is 1. The zero-order chi connectivity index (χ0) is 25.5. The van der Waals surface area contributed by atoms with Gasteiger partial charge in [-0.15, -0.1) is 11.3 Å². The van der Waals surface area contributed by atoms with Crippen LogP contribution in [0.5, 0.6) is 17.2 Å². The molecule has 0 spiro atoms. The standard InChI is InChI=1S/C30H23ClN2O3S/c31-24-10-4-8-22(15-24)19-35-26-13-6-9-23(17-26)30-33-28(20-37-30)29(34)32-18-21-7-5-14-27(16-21)36-25-11-2-1-3-12-25/h1-17,20H,18-19H2,(H,32,34). The number of hydrogen-bond donors (Lipinski definition) is 1. The number of benzene rings is 4. The van der Waals surface area contributed by atoms with E-state index in [9.17, 15) is 4.79 Å². The van der Waals surface area contributed by atoms with E-state index in [2.05, 4.69) is 10.3 Å². The first-order chi connectivity index (χ1) is 18.1. The van der Waals surface area contributed by atoms with Gasteiger partial charge in [-0.25, -0.2) is 4.98 Å². The van der Waals surface area contributed by atoms with Gasteiger partial charge in [-0.2, -0.15) is 0 Å². The van der Waals surface area contributed by atoms with Crippen LogP contribution in [0.1, 0.15) is 21.6 Å². The van der Waals surface area contributed by atoms with Gasteiger partial charge in [-0.1, -0.05) is 66.2 Å². The van der Waals surface area contributed by atoms with Crippen LogP contribution in [0.15, 0.2) is 109 Å². The van der Waals surface area contributed by atoms with Crippen molar-refractivity contribution in [2.75, 3.05) is 0 Å². The zero-order valence-electron chi connectivity index (χ0n) is 19.8. The Balaban J connectivity index is 1.19. The van der Waals surface area contributed by atoms with Crippen molar-refractivity contribution in [2.24, 2.45) is 0 Å². The summed E-state index contributed by atoms with van der Waals surface area (Å²) in [5, 5.41) is 6.13. The van der Waals surface area contributed by atoms with E-state index in [0.717, 1.165) is 33.2 Å². The summed E-state index contributed by atoms with van der Waals surface area (Å²) in [7, 11) is 0. The predicted octanol–water partition coefficient (Wildman–Crippen LogP) is 7.76. The fourth-order valence-electron chi connectivity index (χ4n) is 3.64. The fourth-order valence-corrected chi connectivity index (χ4v) is 4.65. The lowest BCUT2D eigenvalue weighted by molar-refractivity contribution is 0.0946. The van der Waals surface area contributed by atoms with Crippen LogP contribution in [0.3, 0.4) is 0 Å². The topological polar surface area (TPSA) is 60.5 Å². The van der Waals surface area contributed by atoms with Gasteiger partial charge >= 0.3 is 0 Å². The van der Waals surface area contributed by atoms with E-state index < -0.39 is 0 Å². The number of amides is 1. The molecule has 5 aromatic rings. The maximum atomic E-state index is 12.8. The molecule has 0 unspecified atom stereocenters. The monoisotopic (exact) mass is 526 g/mol. The smallest absolute Gasteiger partial charge is 0.271 e. The van der Waals surface area contributed by atoms with Crippen molar-refractivity contribution in [1.29, 1.82) is 0 Å². The van der Waals surface area contributed by atoms with E-state index in [1.54, 1.807) is 5.38 Å². The molecule has 1 aromatic heterocycles. The largest absolute Gasteiger partial charge is 0.489 e. The number of para-hydroxylation sites is 1. The molecule has 37 heavy (non-hydrogen) atoms. The highest BCUT2D eigenvalue weighted by Crippen LogP contribution is 2.28. The van der Waals surface area contributed by atoms with Crippen molar-refractivity contribution in [2.45, 2.75) is 13.2 Å². The Hall–Kier alpha value is -4.13. The Morgan fingerprint density at radius 2 is 1.57 bits per heavy atom. The number of hydrogen-bond acceptors (Lipinski definition) is 5. The third-order valence-electron chi connectivity index (χ3n) is 5.44. The lowest BCUT2D eigenvalue weighted by atomic mass is 10.2. The van der Waals surface area contributed by atoms with Crippen LogP contribution in [0, 0.1) is 0 Å². The maximum Gasteiger partial charge on any atom is 0.271 e. The first-order valence-electron chi connectivity index (χ1n) is 11.7. The van der Waals surface area contributed by atoms with Gasteiger partial charge in [0.2, 0.25) is 0 Å². The van der Waals surface area contributed by atoms with Crippen molar-refractivity contribution in [3.05, 3.63) is 130 Å². The van der Waals surface area contributed by atoms with E-state index in [-0.39, 0.29) is 5.91 Å². The van der Waals surface area contributed by atoms with Crippen molar-refractivity contribution < 1.29 is 14.3 Å². The molecule has 0 bridgehead atoms. The van der Waals surface area contributed by atoms with Gasteiger partial charge in [0, 0.05) is 22.5 Å². The normalized spacial score (nSPS) is 10.6. The molecular weight excluding hydrogens is 504 g/mol. The summed E-state index contributed by atoms with van der Waals surface area (Å²) < 4.78 is 11.8. The second-order valence-electron chi connectivity index (χ2n) is 8.23. The number of rotatable bonds is 9. The summed E-state index contributed by atoms with van der Waals surface area (Å²) in [5.74, 6) is 1.96. The summed E-state index contributed by atoms with van der Waals surface area (Å²) in [5.41, 5.74) is 3.19. The molecule has 184 valence electrons. The maximum absolute atomic E-state index is 12.8. The number of thiazole rings is 1. The van der Waals surface area contributed by atoms with Crippen LogP contribution in [0.25, 0.3) is 10.6 Å². The van der Waals surface area contributed by atoms with E-state index >= 15 is 0 Å². The number of aromatic nitrogens is 1. The Bertz CT molecular complexity index is 1500. The average Bonchev–Trinajstić information content (AvgIpc) is 3.42. The van der Waals surface area contributed by atoms with Crippen LogP contribution < -0.4 is 14.8 Å². The molecule has 0 radical (unpaired) electrons. The van der Waals surface area contributed by atoms with E-state index in [1.165, 1.54) is 11.3 Å². The molecule has 5 rings (SSSR count).